The molecule has 0 spiro atoms. The summed E-state index contributed by atoms with van der Waals surface area (Å²) in [6.45, 7) is 1.21. The van der Waals surface area contributed by atoms with Gasteiger partial charge < -0.3 is 10.1 Å². The first-order chi connectivity index (χ1) is 10.0. The van der Waals surface area contributed by atoms with Gasteiger partial charge in [-0.15, -0.1) is 5.10 Å². The number of hydrogen-bond acceptors (Lipinski definition) is 6. The van der Waals surface area contributed by atoms with Crippen molar-refractivity contribution in [2.24, 2.45) is 0 Å². The maximum Gasteiger partial charge on any atom is 0.328 e. The Bertz CT molecular complexity index is 632. The van der Waals surface area contributed by atoms with Crippen molar-refractivity contribution < 1.29 is 18.7 Å². The fourth-order valence-corrected chi connectivity index (χ4v) is 1.48. The number of carbonyl (C=O) groups excluding carboxylic acids is 2. The molecule has 0 radical (unpaired) electrons. The zero-order valence-electron chi connectivity index (χ0n) is 11.1. The van der Waals surface area contributed by atoms with E-state index in [0.29, 0.717) is 0 Å². The van der Waals surface area contributed by atoms with Gasteiger partial charge in [-0.1, -0.05) is 6.07 Å². The molecule has 0 saturated heterocycles. The van der Waals surface area contributed by atoms with E-state index in [1.165, 1.54) is 36.1 Å². The van der Waals surface area contributed by atoms with Crippen LogP contribution in [0.15, 0.2) is 30.6 Å². The van der Waals surface area contributed by atoms with E-state index in [2.05, 4.69) is 20.8 Å². The minimum absolute atomic E-state index is 0.204. The van der Waals surface area contributed by atoms with Crippen molar-refractivity contribution in [1.29, 1.82) is 0 Å². The van der Waals surface area contributed by atoms with Crippen LogP contribution in [0.5, 0.6) is 0 Å². The largest absolute Gasteiger partial charge is 0.451 e. The van der Waals surface area contributed by atoms with E-state index < -0.39 is 23.8 Å². The van der Waals surface area contributed by atoms with Crippen LogP contribution >= 0.6 is 0 Å². The second kappa shape index (κ2) is 6.55. The predicted octanol–water partition coefficient (Wildman–Crippen LogP) is 0.383. The van der Waals surface area contributed by atoms with Gasteiger partial charge in [0.25, 0.3) is 5.91 Å². The Morgan fingerprint density at radius 2 is 2.29 bits per heavy atom. The SMILES string of the molecule is C[C@@H](OC(=O)Cn1cnnn1)C(=O)Nc1cccc(F)c1. The normalized spacial score (nSPS) is 11.7. The topological polar surface area (TPSA) is 99.0 Å². The van der Waals surface area contributed by atoms with Crippen LogP contribution in [0.1, 0.15) is 6.92 Å². The van der Waals surface area contributed by atoms with Gasteiger partial charge in [0, 0.05) is 5.69 Å². The average Bonchev–Trinajstić information content (AvgIpc) is 2.91. The molecule has 2 aromatic rings. The first-order valence-corrected chi connectivity index (χ1v) is 6.01. The number of esters is 1. The molecule has 1 aromatic carbocycles. The summed E-state index contributed by atoms with van der Waals surface area (Å²) in [5.74, 6) is -1.70. The van der Waals surface area contributed by atoms with Crippen molar-refractivity contribution in [3.05, 3.63) is 36.4 Å². The summed E-state index contributed by atoms with van der Waals surface area (Å²) in [6.07, 6.45) is 0.218. The molecule has 8 nitrogen and oxygen atoms in total. The van der Waals surface area contributed by atoms with Gasteiger partial charge in [-0.05, 0) is 35.5 Å². The number of halogens is 1. The first kappa shape index (κ1) is 14.6. The van der Waals surface area contributed by atoms with E-state index in [-0.39, 0.29) is 12.2 Å². The van der Waals surface area contributed by atoms with Crippen LogP contribution in [0.3, 0.4) is 0 Å². The van der Waals surface area contributed by atoms with Crippen molar-refractivity contribution >= 4 is 17.6 Å². The highest BCUT2D eigenvalue weighted by Gasteiger charge is 2.18. The lowest BCUT2D eigenvalue weighted by Crippen LogP contribution is -2.31. The molecule has 0 fully saturated rings. The third-order valence-electron chi connectivity index (χ3n) is 2.45. The molecule has 0 aliphatic heterocycles. The smallest absolute Gasteiger partial charge is 0.328 e. The Labute approximate surface area is 118 Å². The highest BCUT2D eigenvalue weighted by Crippen LogP contribution is 2.10. The molecule has 1 heterocycles. The highest BCUT2D eigenvalue weighted by molar-refractivity contribution is 5.95. The molecule has 0 bridgehead atoms. The molecule has 1 amide bonds. The molecular weight excluding hydrogens is 281 g/mol. The molecular formula is C12H12FN5O3. The second-order valence-electron chi connectivity index (χ2n) is 4.14. The Hall–Kier alpha value is -2.84. The summed E-state index contributed by atoms with van der Waals surface area (Å²) in [5, 5.41) is 12.7. The average molecular weight is 293 g/mol. The van der Waals surface area contributed by atoms with Crippen molar-refractivity contribution in [2.45, 2.75) is 19.6 Å². The lowest BCUT2D eigenvalue weighted by atomic mass is 10.3. The van der Waals surface area contributed by atoms with Crippen LogP contribution in [-0.2, 0) is 20.9 Å². The zero-order valence-corrected chi connectivity index (χ0v) is 11.1. The Balaban J connectivity index is 1.86. The molecule has 0 saturated carbocycles. The molecule has 21 heavy (non-hydrogen) atoms. The maximum atomic E-state index is 13.0. The molecule has 2 rings (SSSR count). The van der Waals surface area contributed by atoms with Gasteiger partial charge in [-0.25, -0.2) is 9.07 Å². The minimum Gasteiger partial charge on any atom is -0.451 e. The molecule has 0 aliphatic carbocycles. The number of anilines is 1. The molecule has 1 atom stereocenters. The predicted molar refractivity (Wildman–Crippen MR) is 68.4 cm³/mol. The number of rotatable bonds is 5. The summed E-state index contributed by atoms with van der Waals surface area (Å²) in [5.41, 5.74) is 0.281. The number of tetrazole rings is 1. The van der Waals surface area contributed by atoms with Crippen LogP contribution in [0, 0.1) is 5.82 Å². The van der Waals surface area contributed by atoms with E-state index in [9.17, 15) is 14.0 Å². The lowest BCUT2D eigenvalue weighted by molar-refractivity contribution is -0.153. The Kier molecular flexibility index (Phi) is 4.54. The summed E-state index contributed by atoms with van der Waals surface area (Å²) >= 11 is 0. The zero-order chi connectivity index (χ0) is 15.2. The van der Waals surface area contributed by atoms with Crippen LogP contribution < -0.4 is 5.32 Å². The summed E-state index contributed by atoms with van der Waals surface area (Å²) in [6, 6.07) is 5.40. The number of amides is 1. The molecule has 9 heteroatoms. The van der Waals surface area contributed by atoms with Crippen molar-refractivity contribution in [3.63, 3.8) is 0 Å². The number of aromatic nitrogens is 4. The number of nitrogens with zero attached hydrogens (tertiary/aromatic N) is 4. The molecule has 1 aromatic heterocycles. The fraction of sp³-hybridized carbons (Fsp3) is 0.250. The Morgan fingerprint density at radius 1 is 1.48 bits per heavy atom. The third kappa shape index (κ3) is 4.34. The van der Waals surface area contributed by atoms with Crippen LogP contribution in [0.2, 0.25) is 0 Å². The number of carbonyl (C=O) groups is 2. The first-order valence-electron chi connectivity index (χ1n) is 6.01. The number of nitrogens with one attached hydrogen (secondary N) is 1. The van der Waals surface area contributed by atoms with Crippen molar-refractivity contribution in [2.75, 3.05) is 5.32 Å². The standard InChI is InChI=1S/C12H12FN5O3/c1-8(21-11(19)6-18-7-14-16-17-18)12(20)15-10-4-2-3-9(13)5-10/h2-5,7-8H,6H2,1H3,(H,15,20)/t8-/m1/s1. The number of benzene rings is 1. The number of ether oxygens (including phenoxy) is 1. The minimum atomic E-state index is -1.03. The van der Waals surface area contributed by atoms with E-state index in [4.69, 9.17) is 4.74 Å². The summed E-state index contributed by atoms with van der Waals surface area (Å²) < 4.78 is 19.1. The molecule has 0 aliphatic rings. The molecule has 0 unspecified atom stereocenters. The maximum absolute atomic E-state index is 13.0. The molecule has 1 N–H and O–H groups in total. The van der Waals surface area contributed by atoms with Crippen LogP contribution in [0.25, 0.3) is 0 Å². The monoisotopic (exact) mass is 293 g/mol. The molecule has 110 valence electrons. The van der Waals surface area contributed by atoms with E-state index in [0.717, 1.165) is 6.07 Å². The third-order valence-corrected chi connectivity index (χ3v) is 2.45. The second-order valence-corrected chi connectivity index (χ2v) is 4.14. The summed E-state index contributed by atoms with van der Waals surface area (Å²) in [4.78, 5) is 23.4. The van der Waals surface area contributed by atoms with E-state index >= 15 is 0 Å². The van der Waals surface area contributed by atoms with Gasteiger partial charge in [-0.2, -0.15) is 0 Å². The fourth-order valence-electron chi connectivity index (χ4n) is 1.48. The van der Waals surface area contributed by atoms with Crippen LogP contribution in [0.4, 0.5) is 10.1 Å². The van der Waals surface area contributed by atoms with E-state index in [1.54, 1.807) is 0 Å². The van der Waals surface area contributed by atoms with Crippen molar-refractivity contribution in [3.8, 4) is 0 Å². The van der Waals surface area contributed by atoms with Gasteiger partial charge in [0.15, 0.2) is 6.10 Å². The number of hydrogen-bond donors (Lipinski definition) is 1. The van der Waals surface area contributed by atoms with Crippen LogP contribution in [-0.4, -0.2) is 38.2 Å². The highest BCUT2D eigenvalue weighted by atomic mass is 19.1. The van der Waals surface area contributed by atoms with Gasteiger partial charge in [0.05, 0.1) is 0 Å². The van der Waals surface area contributed by atoms with Gasteiger partial charge in [-0.3, -0.25) is 9.59 Å². The quantitative estimate of drug-likeness (QED) is 0.800. The van der Waals surface area contributed by atoms with Gasteiger partial charge in [0.2, 0.25) is 0 Å². The lowest BCUT2D eigenvalue weighted by Gasteiger charge is -2.13. The van der Waals surface area contributed by atoms with Gasteiger partial charge >= 0.3 is 5.97 Å². The van der Waals surface area contributed by atoms with Crippen molar-refractivity contribution in [1.82, 2.24) is 20.2 Å². The summed E-state index contributed by atoms with van der Waals surface area (Å²) in [7, 11) is 0. The van der Waals surface area contributed by atoms with E-state index in [1.807, 2.05) is 0 Å². The van der Waals surface area contributed by atoms with Gasteiger partial charge in [0.1, 0.15) is 18.7 Å². The Morgan fingerprint density at radius 3 is 2.95 bits per heavy atom.